The van der Waals surface area contributed by atoms with Crippen LogP contribution in [0.2, 0.25) is 0 Å². The molecule has 2 nitrogen and oxygen atoms in total. The lowest BCUT2D eigenvalue weighted by Crippen LogP contribution is -2.17. The van der Waals surface area contributed by atoms with Gasteiger partial charge in [-0.2, -0.15) is 0 Å². The minimum atomic E-state index is 0.131. The molecular weight excluding hydrogens is 114 g/mol. The summed E-state index contributed by atoms with van der Waals surface area (Å²) in [5.41, 5.74) is 0. The maximum atomic E-state index is 8.64. The first-order valence-electron chi connectivity index (χ1n) is 2.70. The molecule has 0 rings (SSSR count). The van der Waals surface area contributed by atoms with Gasteiger partial charge in [-0.05, 0) is 0 Å². The molecule has 0 aromatic rings. The van der Waals surface area contributed by atoms with E-state index in [2.05, 4.69) is 20.2 Å². The van der Waals surface area contributed by atoms with Gasteiger partial charge >= 0.3 is 0 Å². The molecule has 0 saturated heterocycles. The molecule has 9 heavy (non-hydrogen) atoms. The van der Waals surface area contributed by atoms with Crippen LogP contribution in [-0.4, -0.2) is 23.1 Å². The Bertz CT molecular complexity index is 109. The standard InChI is InChI=1S/C7H12NO/c1-4-5-8(3)6-7(2)9/h4,9H,1-3,5-6H2. The van der Waals surface area contributed by atoms with Gasteiger partial charge < -0.3 is 5.11 Å². The molecular formula is C7H12NO. The largest absolute Gasteiger partial charge is 0.512 e. The molecule has 1 N–H and O–H groups in total. The number of hydrogen-bond acceptors (Lipinski definition) is 2. The minimum absolute atomic E-state index is 0.131. The van der Waals surface area contributed by atoms with Crippen LogP contribution in [0.15, 0.2) is 25.0 Å². The Kier molecular flexibility index (Phi) is 3.80. The van der Waals surface area contributed by atoms with E-state index in [0.29, 0.717) is 13.1 Å². The fourth-order valence-corrected chi connectivity index (χ4v) is 0.505. The average molecular weight is 126 g/mol. The third-order valence-electron chi connectivity index (χ3n) is 0.793. The van der Waals surface area contributed by atoms with Crippen LogP contribution in [0.4, 0.5) is 0 Å². The van der Waals surface area contributed by atoms with Gasteiger partial charge in [0.05, 0.1) is 12.3 Å². The maximum absolute atomic E-state index is 8.64. The van der Waals surface area contributed by atoms with E-state index in [4.69, 9.17) is 5.11 Å². The van der Waals surface area contributed by atoms with E-state index in [-0.39, 0.29) is 5.76 Å². The molecule has 51 valence electrons. The zero-order chi connectivity index (χ0) is 7.28. The molecule has 0 atom stereocenters. The molecule has 0 fully saturated rings. The summed E-state index contributed by atoms with van der Waals surface area (Å²) >= 11 is 0. The Morgan fingerprint density at radius 2 is 2.22 bits per heavy atom. The first-order valence-corrected chi connectivity index (χ1v) is 2.70. The highest BCUT2D eigenvalue weighted by atomic mass is 16.3. The SMILES string of the molecule is [CH2]N(CC=C)CC(=C)O. The zero-order valence-electron chi connectivity index (χ0n) is 5.51. The molecule has 2 heteroatoms. The highest BCUT2D eigenvalue weighted by Crippen LogP contribution is 1.89. The summed E-state index contributed by atoms with van der Waals surface area (Å²) in [6.07, 6.45) is 1.72. The molecule has 0 spiro atoms. The van der Waals surface area contributed by atoms with Crippen LogP contribution in [0.1, 0.15) is 0 Å². The van der Waals surface area contributed by atoms with Gasteiger partial charge in [0.15, 0.2) is 0 Å². The first-order chi connectivity index (χ1) is 4.16. The molecule has 0 amide bonds. The van der Waals surface area contributed by atoms with Crippen LogP contribution < -0.4 is 0 Å². The van der Waals surface area contributed by atoms with Gasteiger partial charge in [0.2, 0.25) is 0 Å². The second-order valence-corrected chi connectivity index (χ2v) is 1.87. The second kappa shape index (κ2) is 4.15. The summed E-state index contributed by atoms with van der Waals surface area (Å²) in [6.45, 7) is 7.91. The average Bonchev–Trinajstić information content (AvgIpc) is 1.63. The molecule has 0 aliphatic heterocycles. The molecule has 0 aliphatic carbocycles. The zero-order valence-corrected chi connectivity index (χ0v) is 5.51. The molecule has 0 aromatic carbocycles. The summed E-state index contributed by atoms with van der Waals surface area (Å²) in [5.74, 6) is 0.131. The number of rotatable bonds is 4. The molecule has 0 saturated carbocycles. The molecule has 0 bridgehead atoms. The summed E-state index contributed by atoms with van der Waals surface area (Å²) < 4.78 is 0. The second-order valence-electron chi connectivity index (χ2n) is 1.87. The molecule has 1 radical (unpaired) electrons. The highest BCUT2D eigenvalue weighted by molar-refractivity contribution is 4.85. The van der Waals surface area contributed by atoms with Gasteiger partial charge in [0.1, 0.15) is 0 Å². The van der Waals surface area contributed by atoms with Gasteiger partial charge in [-0.25, -0.2) is 0 Å². The lowest BCUT2D eigenvalue weighted by molar-refractivity contribution is 0.327. The van der Waals surface area contributed by atoms with Gasteiger partial charge in [-0.3, -0.25) is 4.90 Å². The van der Waals surface area contributed by atoms with Crippen LogP contribution in [-0.2, 0) is 0 Å². The Morgan fingerprint density at radius 1 is 1.67 bits per heavy atom. The summed E-state index contributed by atoms with van der Waals surface area (Å²) in [4.78, 5) is 1.66. The lowest BCUT2D eigenvalue weighted by atomic mass is 10.4. The van der Waals surface area contributed by atoms with Crippen molar-refractivity contribution in [3.63, 3.8) is 0 Å². The Balaban J connectivity index is 3.37. The monoisotopic (exact) mass is 126 g/mol. The van der Waals surface area contributed by atoms with Crippen molar-refractivity contribution in [1.82, 2.24) is 4.90 Å². The van der Waals surface area contributed by atoms with Crippen LogP contribution in [0.3, 0.4) is 0 Å². The molecule has 0 aliphatic rings. The van der Waals surface area contributed by atoms with E-state index in [1.807, 2.05) is 0 Å². The highest BCUT2D eigenvalue weighted by Gasteiger charge is 1.94. The fourth-order valence-electron chi connectivity index (χ4n) is 0.505. The van der Waals surface area contributed by atoms with Gasteiger partial charge in [-0.15, -0.1) is 6.58 Å². The van der Waals surface area contributed by atoms with Gasteiger partial charge in [0, 0.05) is 13.6 Å². The van der Waals surface area contributed by atoms with E-state index in [1.54, 1.807) is 11.0 Å². The van der Waals surface area contributed by atoms with Gasteiger partial charge in [-0.1, -0.05) is 12.7 Å². The smallest absolute Gasteiger partial charge is 0.0991 e. The summed E-state index contributed by atoms with van der Waals surface area (Å²) in [7, 11) is 3.61. The van der Waals surface area contributed by atoms with E-state index in [0.717, 1.165) is 0 Å². The van der Waals surface area contributed by atoms with Crippen LogP contribution in [0.25, 0.3) is 0 Å². The van der Waals surface area contributed by atoms with Crippen molar-refractivity contribution in [1.29, 1.82) is 0 Å². The quantitative estimate of drug-likeness (QED) is 0.454. The van der Waals surface area contributed by atoms with E-state index in [1.165, 1.54) is 0 Å². The number of aliphatic hydroxyl groups excluding tert-OH is 1. The third kappa shape index (κ3) is 5.11. The van der Waals surface area contributed by atoms with Crippen LogP contribution in [0.5, 0.6) is 0 Å². The predicted molar refractivity (Wildman–Crippen MR) is 38.9 cm³/mol. The predicted octanol–water partition coefficient (Wildman–Crippen LogP) is 1.34. The Hall–Kier alpha value is -0.760. The van der Waals surface area contributed by atoms with Crippen molar-refractivity contribution in [2.75, 3.05) is 13.1 Å². The normalized spacial score (nSPS) is 9.56. The van der Waals surface area contributed by atoms with E-state index >= 15 is 0 Å². The molecule has 0 aromatic heterocycles. The minimum Gasteiger partial charge on any atom is -0.512 e. The first kappa shape index (κ1) is 8.24. The number of aliphatic hydroxyl groups is 1. The Morgan fingerprint density at radius 3 is 2.56 bits per heavy atom. The maximum Gasteiger partial charge on any atom is 0.0991 e. The lowest BCUT2D eigenvalue weighted by Gasteiger charge is -2.11. The van der Waals surface area contributed by atoms with Crippen molar-refractivity contribution < 1.29 is 5.11 Å². The fraction of sp³-hybridized carbons (Fsp3) is 0.286. The third-order valence-corrected chi connectivity index (χ3v) is 0.793. The summed E-state index contributed by atoms with van der Waals surface area (Å²) in [5, 5.41) is 8.64. The topological polar surface area (TPSA) is 23.5 Å². The molecule has 0 heterocycles. The van der Waals surface area contributed by atoms with Gasteiger partial charge in [0.25, 0.3) is 0 Å². The van der Waals surface area contributed by atoms with E-state index in [9.17, 15) is 0 Å². The van der Waals surface area contributed by atoms with Crippen molar-refractivity contribution in [3.05, 3.63) is 32.0 Å². The number of hydrogen-bond donors (Lipinski definition) is 1. The van der Waals surface area contributed by atoms with Crippen LogP contribution >= 0.6 is 0 Å². The van der Waals surface area contributed by atoms with E-state index < -0.39 is 0 Å². The van der Waals surface area contributed by atoms with Crippen molar-refractivity contribution >= 4 is 0 Å². The summed E-state index contributed by atoms with van der Waals surface area (Å²) in [6, 6.07) is 0. The molecule has 0 unspecified atom stereocenters. The van der Waals surface area contributed by atoms with Crippen molar-refractivity contribution in [2.45, 2.75) is 0 Å². The number of nitrogens with zero attached hydrogens (tertiary/aromatic N) is 1. The van der Waals surface area contributed by atoms with Crippen LogP contribution in [0, 0.1) is 7.05 Å². The Labute approximate surface area is 56.1 Å². The van der Waals surface area contributed by atoms with Crippen molar-refractivity contribution in [3.8, 4) is 0 Å². The van der Waals surface area contributed by atoms with Crippen molar-refractivity contribution in [2.24, 2.45) is 0 Å².